The van der Waals surface area contributed by atoms with Crippen LogP contribution < -0.4 is 0 Å². The SMILES string of the molecule is C=C1C2CCC3C4(C)CCCC(C)(C(=O)O)C4CCC3(C2)C1OC(=O)C(C)C. The van der Waals surface area contributed by atoms with Gasteiger partial charge in [-0.15, -0.1) is 0 Å². The third kappa shape index (κ3) is 2.48. The Balaban J connectivity index is 1.73. The molecule has 0 aromatic rings. The number of carbonyl (C=O) groups excluding carboxylic acids is 1. The average Bonchev–Trinajstić information content (AvgIpc) is 2.81. The first-order valence-electron chi connectivity index (χ1n) is 11.2. The number of hydrogen-bond donors (Lipinski definition) is 1. The first-order chi connectivity index (χ1) is 13.1. The zero-order valence-electron chi connectivity index (χ0n) is 17.9. The van der Waals surface area contributed by atoms with E-state index in [4.69, 9.17) is 4.74 Å². The minimum Gasteiger partial charge on any atom is -0.481 e. The van der Waals surface area contributed by atoms with Gasteiger partial charge in [-0.1, -0.05) is 33.8 Å². The van der Waals surface area contributed by atoms with Gasteiger partial charge in [0.15, 0.2) is 0 Å². The number of carboxylic acid groups (broad SMARTS) is 1. The Morgan fingerprint density at radius 1 is 1.11 bits per heavy atom. The molecule has 1 spiro atoms. The van der Waals surface area contributed by atoms with E-state index < -0.39 is 11.4 Å². The lowest BCUT2D eigenvalue weighted by Gasteiger charge is -2.63. The van der Waals surface area contributed by atoms with Crippen molar-refractivity contribution in [3.05, 3.63) is 12.2 Å². The van der Waals surface area contributed by atoms with Gasteiger partial charge in [-0.3, -0.25) is 9.59 Å². The molecule has 4 nitrogen and oxygen atoms in total. The third-order valence-electron chi connectivity index (χ3n) is 9.37. The van der Waals surface area contributed by atoms with E-state index in [-0.39, 0.29) is 34.7 Å². The van der Waals surface area contributed by atoms with Crippen LogP contribution in [0.25, 0.3) is 0 Å². The van der Waals surface area contributed by atoms with E-state index in [1.54, 1.807) is 0 Å². The summed E-state index contributed by atoms with van der Waals surface area (Å²) in [7, 11) is 0. The maximum absolute atomic E-state index is 12.5. The highest BCUT2D eigenvalue weighted by Crippen LogP contribution is 2.72. The van der Waals surface area contributed by atoms with Crippen LogP contribution in [0.5, 0.6) is 0 Å². The highest BCUT2D eigenvalue weighted by atomic mass is 16.5. The first kappa shape index (κ1) is 20.0. The Bertz CT molecular complexity index is 711. The van der Waals surface area contributed by atoms with Gasteiger partial charge in [0.05, 0.1) is 11.3 Å². The number of aliphatic carboxylic acids is 1. The van der Waals surface area contributed by atoms with Gasteiger partial charge in [0.25, 0.3) is 0 Å². The summed E-state index contributed by atoms with van der Waals surface area (Å²) in [6, 6.07) is 0. The van der Waals surface area contributed by atoms with Crippen molar-refractivity contribution < 1.29 is 19.4 Å². The van der Waals surface area contributed by atoms with Crippen molar-refractivity contribution in [2.24, 2.45) is 39.9 Å². The van der Waals surface area contributed by atoms with E-state index in [0.717, 1.165) is 56.9 Å². The molecule has 2 bridgehead atoms. The molecule has 0 heterocycles. The largest absolute Gasteiger partial charge is 0.481 e. The van der Waals surface area contributed by atoms with Crippen molar-refractivity contribution in [1.82, 2.24) is 0 Å². The second-order valence-corrected chi connectivity index (χ2v) is 11.0. The molecule has 4 fully saturated rings. The van der Waals surface area contributed by atoms with Crippen LogP contribution >= 0.6 is 0 Å². The Morgan fingerprint density at radius 3 is 2.46 bits per heavy atom. The fourth-order valence-electron chi connectivity index (χ4n) is 8.03. The van der Waals surface area contributed by atoms with E-state index in [0.29, 0.717) is 11.8 Å². The normalized spacial score (nSPS) is 47.4. The number of carbonyl (C=O) groups is 2. The van der Waals surface area contributed by atoms with E-state index >= 15 is 0 Å². The summed E-state index contributed by atoms with van der Waals surface area (Å²) in [5.41, 5.74) is 0.453. The molecule has 4 aliphatic carbocycles. The summed E-state index contributed by atoms with van der Waals surface area (Å²) < 4.78 is 6.13. The third-order valence-corrected chi connectivity index (χ3v) is 9.37. The molecule has 156 valence electrons. The van der Waals surface area contributed by atoms with Crippen molar-refractivity contribution in [1.29, 1.82) is 0 Å². The molecule has 1 N–H and O–H groups in total. The van der Waals surface area contributed by atoms with Gasteiger partial charge in [-0.25, -0.2) is 0 Å². The average molecular weight is 389 g/mol. The van der Waals surface area contributed by atoms with Gasteiger partial charge < -0.3 is 9.84 Å². The van der Waals surface area contributed by atoms with Crippen LogP contribution in [-0.2, 0) is 14.3 Å². The Kier molecular flexibility index (Phi) is 4.52. The molecule has 4 aliphatic rings. The quantitative estimate of drug-likeness (QED) is 0.532. The van der Waals surface area contributed by atoms with Crippen LogP contribution in [-0.4, -0.2) is 23.1 Å². The fourth-order valence-corrected chi connectivity index (χ4v) is 8.03. The Labute approximate surface area is 169 Å². The standard InChI is InChI=1S/C24H36O4/c1-14(2)20(25)28-19-15(3)16-7-8-18-22(4)10-6-11-23(5,21(26)27)17(22)9-12-24(18,19)13-16/h14,16-19H,3,6-13H2,1-2,4-5H3,(H,26,27). The molecule has 0 radical (unpaired) electrons. The summed E-state index contributed by atoms with van der Waals surface area (Å²) >= 11 is 0. The molecule has 4 rings (SSSR count). The molecule has 0 aromatic heterocycles. The number of carboxylic acids is 1. The molecule has 28 heavy (non-hydrogen) atoms. The molecular weight excluding hydrogens is 352 g/mol. The van der Waals surface area contributed by atoms with E-state index in [9.17, 15) is 14.7 Å². The zero-order valence-corrected chi connectivity index (χ0v) is 17.9. The molecule has 0 aliphatic heterocycles. The summed E-state index contributed by atoms with van der Waals surface area (Å²) in [6.07, 6.45) is 7.84. The summed E-state index contributed by atoms with van der Waals surface area (Å²) in [6.45, 7) is 12.5. The van der Waals surface area contributed by atoms with Crippen LogP contribution in [0.2, 0.25) is 0 Å². The topological polar surface area (TPSA) is 63.6 Å². The monoisotopic (exact) mass is 388 g/mol. The summed E-state index contributed by atoms with van der Waals surface area (Å²) in [4.78, 5) is 24.8. The number of fused-ring (bicyclic) bond motifs is 3. The highest BCUT2D eigenvalue weighted by molar-refractivity contribution is 5.75. The number of rotatable bonds is 3. The Morgan fingerprint density at radius 2 is 1.82 bits per heavy atom. The van der Waals surface area contributed by atoms with Gasteiger partial charge in [-0.2, -0.15) is 0 Å². The molecule has 7 unspecified atom stereocenters. The van der Waals surface area contributed by atoms with Gasteiger partial charge >= 0.3 is 11.9 Å². The minimum absolute atomic E-state index is 0.00170. The van der Waals surface area contributed by atoms with Crippen LogP contribution in [0.15, 0.2) is 12.2 Å². The maximum atomic E-state index is 12.5. The molecule has 0 saturated heterocycles. The summed E-state index contributed by atoms with van der Waals surface area (Å²) in [5, 5.41) is 10.1. The summed E-state index contributed by atoms with van der Waals surface area (Å²) in [5.74, 6) is 0.174. The molecule has 0 amide bonds. The molecule has 4 heteroatoms. The van der Waals surface area contributed by atoms with Crippen LogP contribution in [0, 0.1) is 39.9 Å². The number of hydrogen-bond acceptors (Lipinski definition) is 3. The lowest BCUT2D eigenvalue weighted by molar-refractivity contribution is -0.197. The smallest absolute Gasteiger partial charge is 0.309 e. The zero-order chi connectivity index (χ0) is 20.5. The van der Waals surface area contributed by atoms with Crippen molar-refractivity contribution in [3.8, 4) is 0 Å². The maximum Gasteiger partial charge on any atom is 0.309 e. The molecule has 7 atom stereocenters. The van der Waals surface area contributed by atoms with E-state index in [1.807, 2.05) is 20.8 Å². The number of ether oxygens (including phenoxy) is 1. The van der Waals surface area contributed by atoms with E-state index in [2.05, 4.69) is 13.5 Å². The lowest BCUT2D eigenvalue weighted by Crippen LogP contribution is -2.60. The Hall–Kier alpha value is -1.32. The second-order valence-electron chi connectivity index (χ2n) is 11.0. The highest BCUT2D eigenvalue weighted by Gasteiger charge is 2.68. The lowest BCUT2D eigenvalue weighted by atomic mass is 9.40. The predicted molar refractivity (Wildman–Crippen MR) is 108 cm³/mol. The van der Waals surface area contributed by atoms with Crippen molar-refractivity contribution in [3.63, 3.8) is 0 Å². The van der Waals surface area contributed by atoms with E-state index in [1.165, 1.54) is 0 Å². The predicted octanol–water partition coefficient (Wildman–Crippen LogP) is 5.22. The molecular formula is C24H36O4. The van der Waals surface area contributed by atoms with Crippen molar-refractivity contribution in [2.75, 3.05) is 0 Å². The minimum atomic E-state index is -0.634. The van der Waals surface area contributed by atoms with Gasteiger partial charge in [0.2, 0.25) is 0 Å². The molecule has 4 saturated carbocycles. The number of esters is 1. The van der Waals surface area contributed by atoms with Crippen LogP contribution in [0.3, 0.4) is 0 Å². The van der Waals surface area contributed by atoms with Crippen LogP contribution in [0.1, 0.15) is 79.1 Å². The molecule has 0 aromatic carbocycles. The van der Waals surface area contributed by atoms with Gasteiger partial charge in [0.1, 0.15) is 6.10 Å². The van der Waals surface area contributed by atoms with Gasteiger partial charge in [0, 0.05) is 5.41 Å². The van der Waals surface area contributed by atoms with Crippen molar-refractivity contribution in [2.45, 2.75) is 85.2 Å². The van der Waals surface area contributed by atoms with Crippen LogP contribution in [0.4, 0.5) is 0 Å². The van der Waals surface area contributed by atoms with Crippen molar-refractivity contribution >= 4 is 11.9 Å². The first-order valence-corrected chi connectivity index (χ1v) is 11.2. The fraction of sp³-hybridized carbons (Fsp3) is 0.833. The van der Waals surface area contributed by atoms with Gasteiger partial charge in [-0.05, 0) is 80.6 Å². The second kappa shape index (κ2) is 6.34.